The number of carbonyl (C=O) groups excluding carboxylic acids is 2. The summed E-state index contributed by atoms with van der Waals surface area (Å²) in [5.41, 5.74) is 3.36. The van der Waals surface area contributed by atoms with Crippen LogP contribution in [0.25, 0.3) is 22.8 Å². The van der Waals surface area contributed by atoms with E-state index in [1.165, 1.54) is 23.5 Å². The Morgan fingerprint density at radius 3 is 2.22 bits per heavy atom. The van der Waals surface area contributed by atoms with E-state index in [1.807, 2.05) is 41.8 Å². The van der Waals surface area contributed by atoms with Crippen LogP contribution in [0.4, 0.5) is 13.8 Å². The lowest BCUT2D eigenvalue weighted by atomic mass is 10.0. The molecule has 0 aliphatic carbocycles. The fourth-order valence-corrected chi connectivity index (χ4v) is 4.62. The van der Waals surface area contributed by atoms with Gasteiger partial charge < -0.3 is 14.8 Å². The van der Waals surface area contributed by atoms with Crippen LogP contribution < -0.4 is 10.1 Å². The Labute approximate surface area is 217 Å². The van der Waals surface area contributed by atoms with Crippen molar-refractivity contribution < 1.29 is 27.8 Å². The Kier molecular flexibility index (Phi) is 8.43. The molecule has 0 aliphatic rings. The van der Waals surface area contributed by atoms with Gasteiger partial charge in [-0.2, -0.15) is 8.78 Å². The lowest BCUT2D eigenvalue weighted by Gasteiger charge is -2.12. The van der Waals surface area contributed by atoms with Gasteiger partial charge in [-0.15, -0.1) is 11.3 Å². The maximum atomic E-state index is 13.6. The molecule has 0 saturated heterocycles. The highest BCUT2D eigenvalue weighted by atomic mass is 32.1. The molecule has 0 radical (unpaired) electrons. The quantitative estimate of drug-likeness (QED) is 0.142. The van der Waals surface area contributed by atoms with E-state index >= 15 is 0 Å². The zero-order valence-electron chi connectivity index (χ0n) is 19.8. The minimum atomic E-state index is -2.92. The van der Waals surface area contributed by atoms with Crippen LogP contribution in [0.15, 0.2) is 90.3 Å². The Balaban J connectivity index is 1.70. The molecule has 4 aromatic rings. The second kappa shape index (κ2) is 12.1. The van der Waals surface area contributed by atoms with Crippen LogP contribution in [0, 0.1) is 0 Å². The molecule has 0 aliphatic heterocycles. The van der Waals surface area contributed by atoms with Gasteiger partial charge in [0.05, 0.1) is 6.61 Å². The molecule has 0 spiro atoms. The number of alkyl halides is 2. The van der Waals surface area contributed by atoms with Crippen LogP contribution in [0.2, 0.25) is 0 Å². The number of thiophene rings is 1. The first-order valence-corrected chi connectivity index (χ1v) is 12.3. The number of halogens is 2. The number of rotatable bonds is 9. The van der Waals surface area contributed by atoms with Gasteiger partial charge in [-0.05, 0) is 41.8 Å². The molecule has 0 unspecified atom stereocenters. The van der Waals surface area contributed by atoms with Crippen LogP contribution in [-0.2, 0) is 9.53 Å². The monoisotopic (exact) mass is 519 g/mol. The van der Waals surface area contributed by atoms with Crippen molar-refractivity contribution in [3.8, 4) is 16.9 Å². The first kappa shape index (κ1) is 25.8. The van der Waals surface area contributed by atoms with Crippen LogP contribution in [-0.4, -0.2) is 25.1 Å². The summed E-state index contributed by atoms with van der Waals surface area (Å²) in [6.45, 7) is -1.01. The van der Waals surface area contributed by atoms with Crippen molar-refractivity contribution in [2.24, 2.45) is 0 Å². The average Bonchev–Trinajstić information content (AvgIpc) is 3.32. The van der Waals surface area contributed by atoms with Crippen LogP contribution in [0.5, 0.6) is 5.75 Å². The van der Waals surface area contributed by atoms with Gasteiger partial charge in [0.2, 0.25) is 0 Å². The van der Waals surface area contributed by atoms with Crippen molar-refractivity contribution in [1.29, 1.82) is 0 Å². The largest absolute Gasteiger partial charge is 0.462 e. The zero-order chi connectivity index (χ0) is 26.2. The lowest BCUT2D eigenvalue weighted by Crippen LogP contribution is -2.16. The molecule has 1 N–H and O–H groups in total. The molecule has 8 heteroatoms. The summed E-state index contributed by atoms with van der Waals surface area (Å²) in [6.07, 6.45) is 1.65. The fourth-order valence-electron chi connectivity index (χ4n) is 3.67. The van der Waals surface area contributed by atoms with Gasteiger partial charge in [0.25, 0.3) is 5.91 Å². The maximum absolute atomic E-state index is 13.6. The Morgan fingerprint density at radius 1 is 0.946 bits per heavy atom. The predicted octanol–water partition coefficient (Wildman–Crippen LogP) is 7.37. The molecule has 1 amide bonds. The van der Waals surface area contributed by atoms with Crippen molar-refractivity contribution in [3.63, 3.8) is 0 Å². The number of anilines is 1. The summed E-state index contributed by atoms with van der Waals surface area (Å²) < 4.78 is 34.7. The number of nitrogens with one attached hydrogen (secondary N) is 1. The molecule has 1 heterocycles. The third kappa shape index (κ3) is 6.48. The fraction of sp³-hybridized carbons (Fsp3) is 0.103. The molecular formula is C29H23F2NO4S. The summed E-state index contributed by atoms with van der Waals surface area (Å²) in [5, 5.41) is 5.06. The van der Waals surface area contributed by atoms with E-state index in [9.17, 15) is 18.4 Å². The minimum absolute atomic E-state index is 0.0176. The van der Waals surface area contributed by atoms with Crippen molar-refractivity contribution in [1.82, 2.24) is 0 Å². The maximum Gasteiger partial charge on any atom is 0.387 e. The Morgan fingerprint density at radius 2 is 1.59 bits per heavy atom. The first-order chi connectivity index (χ1) is 18.0. The smallest absolute Gasteiger partial charge is 0.387 e. The molecule has 1 aromatic heterocycles. The third-order valence-corrected chi connectivity index (χ3v) is 6.22. The minimum Gasteiger partial charge on any atom is -0.462 e. The average molecular weight is 520 g/mol. The number of ether oxygens (including phenoxy) is 2. The third-order valence-electron chi connectivity index (χ3n) is 5.33. The van der Waals surface area contributed by atoms with E-state index in [4.69, 9.17) is 4.74 Å². The number of benzene rings is 3. The molecule has 0 saturated carbocycles. The molecule has 37 heavy (non-hydrogen) atoms. The molecule has 5 nitrogen and oxygen atoms in total. The molecule has 4 rings (SSSR count). The number of esters is 1. The highest BCUT2D eigenvalue weighted by molar-refractivity contribution is 7.15. The van der Waals surface area contributed by atoms with Gasteiger partial charge in [0.1, 0.15) is 16.3 Å². The topological polar surface area (TPSA) is 64.6 Å². The van der Waals surface area contributed by atoms with Crippen LogP contribution >= 0.6 is 11.3 Å². The van der Waals surface area contributed by atoms with E-state index in [2.05, 4.69) is 10.1 Å². The van der Waals surface area contributed by atoms with Crippen molar-refractivity contribution in [2.75, 3.05) is 11.9 Å². The zero-order valence-corrected chi connectivity index (χ0v) is 20.6. The molecule has 0 bridgehead atoms. The standard InChI is InChI=1S/C29H23F2NO4S/c1-2-35-28(34)25-24(21-11-7-4-8-12-21)18-37-27(25)32-26(33)23(20-9-5-3-6-10-20)17-19-13-15-22(16-14-19)36-29(30)31/h3-18,29H,2H2,1H3,(H,32,33). The Bertz CT molecular complexity index is 1380. The van der Waals surface area contributed by atoms with Crippen molar-refractivity contribution >= 4 is 39.9 Å². The van der Waals surface area contributed by atoms with E-state index in [0.29, 0.717) is 27.3 Å². The number of amides is 1. The molecule has 0 atom stereocenters. The summed E-state index contributed by atoms with van der Waals surface area (Å²) in [4.78, 5) is 26.5. The molecule has 188 valence electrons. The van der Waals surface area contributed by atoms with Crippen molar-refractivity contribution in [3.05, 3.63) is 107 Å². The lowest BCUT2D eigenvalue weighted by molar-refractivity contribution is -0.111. The van der Waals surface area contributed by atoms with Gasteiger partial charge in [0.15, 0.2) is 0 Å². The van der Waals surface area contributed by atoms with E-state index in [-0.39, 0.29) is 17.9 Å². The highest BCUT2D eigenvalue weighted by Crippen LogP contribution is 2.37. The summed E-state index contributed by atoms with van der Waals surface area (Å²) >= 11 is 1.23. The molecule has 3 aromatic carbocycles. The summed E-state index contributed by atoms with van der Waals surface area (Å²) in [6, 6.07) is 24.4. The van der Waals surface area contributed by atoms with Gasteiger partial charge in [-0.1, -0.05) is 72.8 Å². The molecular weight excluding hydrogens is 496 g/mol. The normalized spacial score (nSPS) is 11.3. The van der Waals surface area contributed by atoms with Crippen LogP contribution in [0.3, 0.4) is 0 Å². The van der Waals surface area contributed by atoms with E-state index in [0.717, 1.165) is 5.56 Å². The van der Waals surface area contributed by atoms with Crippen LogP contribution in [0.1, 0.15) is 28.4 Å². The van der Waals surface area contributed by atoms with E-state index in [1.54, 1.807) is 49.4 Å². The van der Waals surface area contributed by atoms with Gasteiger partial charge in [0, 0.05) is 16.5 Å². The number of hydrogen-bond donors (Lipinski definition) is 1. The van der Waals surface area contributed by atoms with Gasteiger partial charge >= 0.3 is 12.6 Å². The predicted molar refractivity (Wildman–Crippen MR) is 142 cm³/mol. The first-order valence-electron chi connectivity index (χ1n) is 11.4. The summed E-state index contributed by atoms with van der Waals surface area (Å²) in [5.74, 6) is -0.951. The van der Waals surface area contributed by atoms with Gasteiger partial charge in [-0.3, -0.25) is 4.79 Å². The second-order valence-electron chi connectivity index (χ2n) is 7.77. The summed E-state index contributed by atoms with van der Waals surface area (Å²) in [7, 11) is 0. The van der Waals surface area contributed by atoms with Gasteiger partial charge in [-0.25, -0.2) is 4.79 Å². The number of carbonyl (C=O) groups is 2. The number of hydrogen-bond acceptors (Lipinski definition) is 5. The van der Waals surface area contributed by atoms with E-state index < -0.39 is 18.5 Å². The highest BCUT2D eigenvalue weighted by Gasteiger charge is 2.24. The Hall–Kier alpha value is -4.30. The SMILES string of the molecule is CCOC(=O)c1c(-c2ccccc2)csc1NC(=O)C(=Cc1ccc(OC(F)F)cc1)c1ccccc1. The second-order valence-corrected chi connectivity index (χ2v) is 8.65. The van der Waals surface area contributed by atoms with Crippen molar-refractivity contribution in [2.45, 2.75) is 13.5 Å². The molecule has 0 fully saturated rings.